The summed E-state index contributed by atoms with van der Waals surface area (Å²) < 4.78 is 0. The van der Waals surface area contributed by atoms with Crippen molar-refractivity contribution < 1.29 is 5.11 Å². The summed E-state index contributed by atoms with van der Waals surface area (Å²) in [4.78, 5) is 2.35. The van der Waals surface area contributed by atoms with E-state index in [0.29, 0.717) is 12.0 Å². The van der Waals surface area contributed by atoms with Gasteiger partial charge in [-0.2, -0.15) is 0 Å². The normalized spacial score (nSPS) is 18.8. The molecule has 0 aromatic rings. The van der Waals surface area contributed by atoms with Crippen LogP contribution in [0.4, 0.5) is 0 Å². The van der Waals surface area contributed by atoms with E-state index in [2.05, 4.69) is 31.0 Å². The summed E-state index contributed by atoms with van der Waals surface area (Å²) in [5.74, 6) is 0.666. The lowest BCUT2D eigenvalue weighted by atomic mass is 10.1. The Morgan fingerprint density at radius 3 is 2.47 bits per heavy atom. The number of hydrogen-bond donors (Lipinski definition) is 2. The Morgan fingerprint density at radius 2 is 2.00 bits per heavy atom. The third-order valence-electron chi connectivity index (χ3n) is 3.00. The molecule has 1 aliphatic rings. The first-order valence-electron chi connectivity index (χ1n) is 6.21. The summed E-state index contributed by atoms with van der Waals surface area (Å²) in [6, 6.07) is 1.33. The monoisotopic (exact) mass is 214 g/mol. The van der Waals surface area contributed by atoms with E-state index in [1.165, 1.54) is 12.8 Å². The molecule has 0 heterocycles. The summed E-state index contributed by atoms with van der Waals surface area (Å²) in [7, 11) is 0. The van der Waals surface area contributed by atoms with Gasteiger partial charge >= 0.3 is 0 Å². The molecule has 3 heteroatoms. The first-order chi connectivity index (χ1) is 7.13. The molecule has 0 amide bonds. The minimum atomic E-state index is 0.265. The van der Waals surface area contributed by atoms with Crippen LogP contribution >= 0.6 is 0 Å². The van der Waals surface area contributed by atoms with E-state index in [9.17, 15) is 0 Å². The van der Waals surface area contributed by atoms with Crippen molar-refractivity contribution in [2.24, 2.45) is 5.92 Å². The largest absolute Gasteiger partial charge is 0.395 e. The molecule has 0 saturated heterocycles. The highest BCUT2D eigenvalue weighted by molar-refractivity contribution is 4.81. The molecule has 1 aliphatic carbocycles. The van der Waals surface area contributed by atoms with E-state index in [-0.39, 0.29) is 6.61 Å². The van der Waals surface area contributed by atoms with Crippen molar-refractivity contribution in [2.45, 2.75) is 45.7 Å². The van der Waals surface area contributed by atoms with Gasteiger partial charge in [0.25, 0.3) is 0 Å². The van der Waals surface area contributed by atoms with Crippen LogP contribution in [0.5, 0.6) is 0 Å². The van der Waals surface area contributed by atoms with Crippen LogP contribution in [0.2, 0.25) is 0 Å². The average molecular weight is 214 g/mol. The highest BCUT2D eigenvalue weighted by Crippen LogP contribution is 2.18. The molecule has 0 aromatic carbocycles. The fourth-order valence-corrected chi connectivity index (χ4v) is 1.81. The Balaban J connectivity index is 2.15. The third kappa shape index (κ3) is 5.50. The molecule has 0 radical (unpaired) electrons. The maximum Gasteiger partial charge on any atom is 0.0558 e. The zero-order chi connectivity index (χ0) is 11.3. The summed E-state index contributed by atoms with van der Waals surface area (Å²) in [5.41, 5.74) is 0. The summed E-state index contributed by atoms with van der Waals surface area (Å²) >= 11 is 0. The zero-order valence-corrected chi connectivity index (χ0v) is 10.4. The standard InChI is InChI=1S/C12H26N2O/c1-10(2)14(6-7-15)9-11(3)8-13-12-4-5-12/h10-13,15H,4-9H2,1-3H3. The minimum absolute atomic E-state index is 0.265. The fraction of sp³-hybridized carbons (Fsp3) is 1.00. The van der Waals surface area contributed by atoms with Gasteiger partial charge in [-0.25, -0.2) is 0 Å². The van der Waals surface area contributed by atoms with Gasteiger partial charge < -0.3 is 10.4 Å². The second-order valence-electron chi connectivity index (χ2n) is 5.10. The molecule has 0 aliphatic heterocycles. The first kappa shape index (κ1) is 12.9. The molecular formula is C12H26N2O. The molecular weight excluding hydrogens is 188 g/mol. The topological polar surface area (TPSA) is 35.5 Å². The van der Waals surface area contributed by atoms with Crippen LogP contribution in [0, 0.1) is 5.92 Å². The number of aliphatic hydroxyl groups excluding tert-OH is 1. The van der Waals surface area contributed by atoms with Gasteiger partial charge in [0, 0.05) is 25.2 Å². The molecule has 0 bridgehead atoms. The zero-order valence-electron chi connectivity index (χ0n) is 10.4. The molecule has 1 unspecified atom stereocenters. The Labute approximate surface area is 93.9 Å². The van der Waals surface area contributed by atoms with Crippen LogP contribution in [0.15, 0.2) is 0 Å². The average Bonchev–Trinajstić information content (AvgIpc) is 2.97. The predicted molar refractivity (Wildman–Crippen MR) is 64.0 cm³/mol. The molecule has 0 spiro atoms. The van der Waals surface area contributed by atoms with E-state index >= 15 is 0 Å². The molecule has 90 valence electrons. The van der Waals surface area contributed by atoms with Crippen molar-refractivity contribution >= 4 is 0 Å². The maximum absolute atomic E-state index is 8.97. The number of rotatable bonds is 8. The van der Waals surface area contributed by atoms with Crippen LogP contribution in [-0.4, -0.2) is 48.3 Å². The van der Waals surface area contributed by atoms with Crippen LogP contribution in [-0.2, 0) is 0 Å². The van der Waals surface area contributed by atoms with Crippen molar-refractivity contribution in [3.05, 3.63) is 0 Å². The predicted octanol–water partition coefficient (Wildman–Crippen LogP) is 1.08. The fourth-order valence-electron chi connectivity index (χ4n) is 1.81. The molecule has 0 aromatic heterocycles. The van der Waals surface area contributed by atoms with Crippen LogP contribution in [0.3, 0.4) is 0 Å². The highest BCUT2D eigenvalue weighted by Gasteiger charge is 2.21. The van der Waals surface area contributed by atoms with E-state index in [4.69, 9.17) is 5.11 Å². The molecule has 1 saturated carbocycles. The Morgan fingerprint density at radius 1 is 1.33 bits per heavy atom. The van der Waals surface area contributed by atoms with E-state index in [0.717, 1.165) is 25.7 Å². The lowest BCUT2D eigenvalue weighted by Crippen LogP contribution is -2.39. The Kier molecular flexibility index (Phi) is 5.58. The summed E-state index contributed by atoms with van der Waals surface area (Å²) in [5, 5.41) is 12.5. The number of nitrogens with zero attached hydrogens (tertiary/aromatic N) is 1. The second-order valence-corrected chi connectivity index (χ2v) is 5.10. The van der Waals surface area contributed by atoms with Gasteiger partial charge in [-0.05, 0) is 39.2 Å². The number of aliphatic hydroxyl groups is 1. The van der Waals surface area contributed by atoms with Gasteiger partial charge in [-0.3, -0.25) is 4.90 Å². The minimum Gasteiger partial charge on any atom is -0.395 e. The SMILES string of the molecule is CC(CNC1CC1)CN(CCO)C(C)C. The van der Waals surface area contributed by atoms with Crippen molar-refractivity contribution in [2.75, 3.05) is 26.2 Å². The Bertz CT molecular complexity index is 169. The molecule has 3 nitrogen and oxygen atoms in total. The lowest BCUT2D eigenvalue weighted by Gasteiger charge is -2.28. The van der Waals surface area contributed by atoms with Crippen LogP contribution in [0.25, 0.3) is 0 Å². The second kappa shape index (κ2) is 6.46. The smallest absolute Gasteiger partial charge is 0.0558 e. The Hall–Kier alpha value is -0.120. The van der Waals surface area contributed by atoms with Gasteiger partial charge in [0.1, 0.15) is 0 Å². The van der Waals surface area contributed by atoms with Crippen molar-refractivity contribution in [1.82, 2.24) is 10.2 Å². The number of hydrogen-bond acceptors (Lipinski definition) is 3. The van der Waals surface area contributed by atoms with E-state index in [1.54, 1.807) is 0 Å². The van der Waals surface area contributed by atoms with Crippen molar-refractivity contribution in [3.63, 3.8) is 0 Å². The summed E-state index contributed by atoms with van der Waals surface area (Å²) in [6.45, 7) is 9.92. The van der Waals surface area contributed by atoms with Gasteiger partial charge in [0.2, 0.25) is 0 Å². The first-order valence-corrected chi connectivity index (χ1v) is 6.21. The molecule has 2 N–H and O–H groups in total. The van der Waals surface area contributed by atoms with Gasteiger partial charge in [-0.15, -0.1) is 0 Å². The molecule has 1 fully saturated rings. The van der Waals surface area contributed by atoms with Gasteiger partial charge in [-0.1, -0.05) is 6.92 Å². The van der Waals surface area contributed by atoms with E-state index < -0.39 is 0 Å². The number of nitrogens with one attached hydrogen (secondary N) is 1. The molecule has 1 atom stereocenters. The van der Waals surface area contributed by atoms with Crippen molar-refractivity contribution in [3.8, 4) is 0 Å². The van der Waals surface area contributed by atoms with Crippen molar-refractivity contribution in [1.29, 1.82) is 0 Å². The molecule has 1 rings (SSSR count). The van der Waals surface area contributed by atoms with E-state index in [1.807, 2.05) is 0 Å². The molecule has 15 heavy (non-hydrogen) atoms. The van der Waals surface area contributed by atoms with Crippen LogP contribution < -0.4 is 5.32 Å². The van der Waals surface area contributed by atoms with Crippen LogP contribution in [0.1, 0.15) is 33.6 Å². The lowest BCUT2D eigenvalue weighted by molar-refractivity contribution is 0.147. The maximum atomic E-state index is 8.97. The summed E-state index contributed by atoms with van der Waals surface area (Å²) in [6.07, 6.45) is 2.72. The quantitative estimate of drug-likeness (QED) is 0.634. The third-order valence-corrected chi connectivity index (χ3v) is 3.00. The van der Waals surface area contributed by atoms with Gasteiger partial charge in [0.15, 0.2) is 0 Å². The highest BCUT2D eigenvalue weighted by atomic mass is 16.3. The van der Waals surface area contributed by atoms with Gasteiger partial charge in [0.05, 0.1) is 6.61 Å².